The van der Waals surface area contributed by atoms with Crippen LogP contribution >= 0.6 is 0 Å². The second-order valence-electron chi connectivity index (χ2n) is 7.35. The van der Waals surface area contributed by atoms with E-state index in [4.69, 9.17) is 9.47 Å². The van der Waals surface area contributed by atoms with Crippen LogP contribution in [0.3, 0.4) is 0 Å². The summed E-state index contributed by atoms with van der Waals surface area (Å²) in [6.07, 6.45) is 7.15. The van der Waals surface area contributed by atoms with Crippen molar-refractivity contribution in [2.45, 2.75) is 78.2 Å². The van der Waals surface area contributed by atoms with Gasteiger partial charge in [-0.2, -0.15) is 0 Å². The molecule has 1 rings (SSSR count). The fraction of sp³-hybridized carbons (Fsp3) is 0.900. The predicted molar refractivity (Wildman–Crippen MR) is 99.5 cm³/mol. The lowest BCUT2D eigenvalue weighted by molar-refractivity contribution is -0.127. The topological polar surface area (TPSA) is 64.6 Å². The zero-order chi connectivity index (χ0) is 18.5. The molecule has 0 atom stereocenters. The highest BCUT2D eigenvalue weighted by molar-refractivity contribution is 5.83. The van der Waals surface area contributed by atoms with Gasteiger partial charge in [0.15, 0.2) is 0 Å². The molecule has 0 bridgehead atoms. The first-order chi connectivity index (χ1) is 12.0. The Morgan fingerprint density at radius 3 is 2.16 bits per heavy atom. The summed E-state index contributed by atoms with van der Waals surface area (Å²) in [6.45, 7) is 8.73. The SMILES string of the molecule is CCCCOCCCOCCC(=O)NC1CCC(C(=O)C(C)C)CC1. The second-order valence-corrected chi connectivity index (χ2v) is 7.35. The van der Waals surface area contributed by atoms with Gasteiger partial charge in [-0.25, -0.2) is 0 Å². The number of amides is 1. The zero-order valence-corrected chi connectivity index (χ0v) is 16.4. The molecule has 0 aromatic rings. The average molecular weight is 356 g/mol. The molecule has 0 aliphatic heterocycles. The van der Waals surface area contributed by atoms with Crippen molar-refractivity contribution >= 4 is 11.7 Å². The largest absolute Gasteiger partial charge is 0.381 e. The summed E-state index contributed by atoms with van der Waals surface area (Å²) in [5.41, 5.74) is 0. The lowest BCUT2D eigenvalue weighted by Gasteiger charge is -2.29. The molecular formula is C20H37NO4. The number of ketones is 1. The van der Waals surface area contributed by atoms with E-state index in [1.807, 2.05) is 13.8 Å². The van der Waals surface area contributed by atoms with E-state index < -0.39 is 0 Å². The van der Waals surface area contributed by atoms with Gasteiger partial charge >= 0.3 is 0 Å². The van der Waals surface area contributed by atoms with E-state index in [9.17, 15) is 9.59 Å². The molecule has 0 spiro atoms. The van der Waals surface area contributed by atoms with Crippen molar-refractivity contribution in [3.05, 3.63) is 0 Å². The van der Waals surface area contributed by atoms with Crippen LogP contribution in [0.5, 0.6) is 0 Å². The number of hydrogen-bond donors (Lipinski definition) is 1. The van der Waals surface area contributed by atoms with Crippen molar-refractivity contribution in [2.24, 2.45) is 11.8 Å². The summed E-state index contributed by atoms with van der Waals surface area (Å²) in [7, 11) is 0. The Hall–Kier alpha value is -0.940. The van der Waals surface area contributed by atoms with Crippen LogP contribution in [0.1, 0.15) is 72.1 Å². The number of Topliss-reactive ketones (excluding diaryl/α,β-unsaturated/α-hetero) is 1. The summed E-state index contributed by atoms with van der Waals surface area (Å²) in [6, 6.07) is 0.218. The maximum absolute atomic E-state index is 12.0. The van der Waals surface area contributed by atoms with E-state index in [1.54, 1.807) is 0 Å². The summed E-state index contributed by atoms with van der Waals surface area (Å²) in [5, 5.41) is 3.08. The molecule has 0 aromatic carbocycles. The van der Waals surface area contributed by atoms with Crippen molar-refractivity contribution in [1.82, 2.24) is 5.32 Å². The zero-order valence-electron chi connectivity index (χ0n) is 16.4. The molecule has 1 fully saturated rings. The summed E-state index contributed by atoms with van der Waals surface area (Å²) in [5.74, 6) is 0.732. The van der Waals surface area contributed by atoms with Gasteiger partial charge in [0.05, 0.1) is 6.61 Å². The average Bonchev–Trinajstić information content (AvgIpc) is 2.60. The lowest BCUT2D eigenvalue weighted by Crippen LogP contribution is -2.39. The molecular weight excluding hydrogens is 318 g/mol. The standard InChI is InChI=1S/C20H37NO4/c1-4-5-12-24-13-6-14-25-15-11-19(22)21-18-9-7-17(8-10-18)20(23)16(2)3/h16-18H,4-15H2,1-3H3,(H,21,22). The van der Waals surface area contributed by atoms with Crippen LogP contribution in [0.2, 0.25) is 0 Å². The minimum Gasteiger partial charge on any atom is -0.381 e. The van der Waals surface area contributed by atoms with Crippen molar-refractivity contribution in [3.8, 4) is 0 Å². The number of unbranched alkanes of at least 4 members (excludes halogenated alkanes) is 1. The Labute approximate surface area is 153 Å². The number of ether oxygens (including phenoxy) is 2. The molecule has 25 heavy (non-hydrogen) atoms. The van der Waals surface area contributed by atoms with Crippen LogP contribution in [0.15, 0.2) is 0 Å². The number of hydrogen-bond acceptors (Lipinski definition) is 4. The van der Waals surface area contributed by atoms with Crippen LogP contribution in [0.4, 0.5) is 0 Å². The Bertz CT molecular complexity index is 376. The van der Waals surface area contributed by atoms with E-state index in [-0.39, 0.29) is 23.8 Å². The van der Waals surface area contributed by atoms with Crippen molar-refractivity contribution < 1.29 is 19.1 Å². The molecule has 1 N–H and O–H groups in total. The number of nitrogens with one attached hydrogen (secondary N) is 1. The van der Waals surface area contributed by atoms with Gasteiger partial charge in [-0.05, 0) is 38.5 Å². The van der Waals surface area contributed by atoms with Gasteiger partial charge in [0.25, 0.3) is 0 Å². The van der Waals surface area contributed by atoms with Crippen LogP contribution in [0, 0.1) is 11.8 Å². The minimum atomic E-state index is 0.0535. The summed E-state index contributed by atoms with van der Waals surface area (Å²) < 4.78 is 10.9. The van der Waals surface area contributed by atoms with E-state index in [1.165, 1.54) is 0 Å². The van der Waals surface area contributed by atoms with Gasteiger partial charge in [0, 0.05) is 44.1 Å². The summed E-state index contributed by atoms with van der Waals surface area (Å²) >= 11 is 0. The fourth-order valence-corrected chi connectivity index (χ4v) is 3.17. The van der Waals surface area contributed by atoms with Gasteiger partial charge in [-0.3, -0.25) is 9.59 Å². The highest BCUT2D eigenvalue weighted by Gasteiger charge is 2.27. The highest BCUT2D eigenvalue weighted by Crippen LogP contribution is 2.27. The summed E-state index contributed by atoms with van der Waals surface area (Å²) in [4.78, 5) is 24.0. The van der Waals surface area contributed by atoms with Gasteiger partial charge in [-0.15, -0.1) is 0 Å². The van der Waals surface area contributed by atoms with E-state index >= 15 is 0 Å². The Morgan fingerprint density at radius 1 is 0.960 bits per heavy atom. The van der Waals surface area contributed by atoms with E-state index in [2.05, 4.69) is 12.2 Å². The van der Waals surface area contributed by atoms with Crippen molar-refractivity contribution in [3.63, 3.8) is 0 Å². The number of rotatable bonds is 13. The van der Waals surface area contributed by atoms with Crippen LogP contribution in [-0.2, 0) is 19.1 Å². The smallest absolute Gasteiger partial charge is 0.222 e. The van der Waals surface area contributed by atoms with Gasteiger partial charge in [0.2, 0.25) is 5.91 Å². The molecule has 1 amide bonds. The molecule has 0 heterocycles. The third-order valence-electron chi connectivity index (χ3n) is 4.76. The molecule has 0 radical (unpaired) electrons. The van der Waals surface area contributed by atoms with Gasteiger partial charge < -0.3 is 14.8 Å². The van der Waals surface area contributed by atoms with E-state index in [0.717, 1.165) is 58.2 Å². The van der Waals surface area contributed by atoms with Crippen LogP contribution in [-0.4, -0.2) is 44.2 Å². The maximum Gasteiger partial charge on any atom is 0.222 e. The number of carbonyl (C=O) groups is 2. The maximum atomic E-state index is 12.0. The predicted octanol–water partition coefficient (Wildman–Crippen LogP) is 3.50. The molecule has 1 saturated carbocycles. The third-order valence-corrected chi connectivity index (χ3v) is 4.76. The normalized spacial score (nSPS) is 20.6. The molecule has 0 aromatic heterocycles. The molecule has 0 unspecified atom stereocenters. The van der Waals surface area contributed by atoms with Crippen LogP contribution < -0.4 is 5.32 Å². The van der Waals surface area contributed by atoms with Crippen molar-refractivity contribution in [1.29, 1.82) is 0 Å². The first-order valence-electron chi connectivity index (χ1n) is 10.0. The Morgan fingerprint density at radius 2 is 1.56 bits per heavy atom. The molecule has 1 aliphatic carbocycles. The van der Waals surface area contributed by atoms with Gasteiger partial charge in [-0.1, -0.05) is 27.2 Å². The third kappa shape index (κ3) is 9.95. The highest BCUT2D eigenvalue weighted by atomic mass is 16.5. The number of carbonyl (C=O) groups excluding carboxylic acids is 2. The second kappa shape index (κ2) is 13.3. The van der Waals surface area contributed by atoms with Crippen LogP contribution in [0.25, 0.3) is 0 Å². The van der Waals surface area contributed by atoms with Crippen molar-refractivity contribution in [2.75, 3.05) is 26.4 Å². The first kappa shape index (κ1) is 22.1. The van der Waals surface area contributed by atoms with Gasteiger partial charge in [0.1, 0.15) is 5.78 Å². The molecule has 5 heteroatoms. The molecule has 5 nitrogen and oxygen atoms in total. The quantitative estimate of drug-likeness (QED) is 0.514. The Balaban J connectivity index is 2.00. The lowest BCUT2D eigenvalue weighted by atomic mass is 9.80. The monoisotopic (exact) mass is 355 g/mol. The molecule has 0 saturated heterocycles. The molecule has 146 valence electrons. The molecule has 1 aliphatic rings. The first-order valence-corrected chi connectivity index (χ1v) is 10.0. The minimum absolute atomic E-state index is 0.0535. The fourth-order valence-electron chi connectivity index (χ4n) is 3.17. The van der Waals surface area contributed by atoms with E-state index in [0.29, 0.717) is 25.4 Å². The Kier molecular flexibility index (Phi) is 11.7.